The summed E-state index contributed by atoms with van der Waals surface area (Å²) in [6.45, 7) is 4.01. The quantitative estimate of drug-likeness (QED) is 0.476. The lowest BCUT2D eigenvalue weighted by Gasteiger charge is -2.39. The Labute approximate surface area is 203 Å². The minimum Gasteiger partial charge on any atom is -0.506 e. The molecule has 184 valence electrons. The average molecular weight is 499 g/mol. The second kappa shape index (κ2) is 9.37. The van der Waals surface area contributed by atoms with Crippen LogP contribution in [0.15, 0.2) is 51.3 Å². The maximum Gasteiger partial charge on any atom is 0.286 e. The molecule has 1 aliphatic carbocycles. The van der Waals surface area contributed by atoms with Crippen molar-refractivity contribution in [3.05, 3.63) is 64.5 Å². The minimum absolute atomic E-state index is 0.131. The molecule has 9 heteroatoms. The van der Waals surface area contributed by atoms with Crippen molar-refractivity contribution < 1.29 is 27.5 Å². The lowest BCUT2D eigenvalue weighted by Crippen LogP contribution is -2.44. The molecule has 0 saturated heterocycles. The highest BCUT2D eigenvalue weighted by atomic mass is 32.2. The third-order valence-electron chi connectivity index (χ3n) is 6.69. The fraction of sp³-hybridized carbons (Fsp3) is 0.346. The van der Waals surface area contributed by atoms with Crippen molar-refractivity contribution >= 4 is 39.4 Å². The lowest BCUT2D eigenvalue weighted by molar-refractivity contribution is -0.121. The van der Waals surface area contributed by atoms with Gasteiger partial charge in [0.05, 0.1) is 11.1 Å². The molecule has 1 aliphatic heterocycles. The summed E-state index contributed by atoms with van der Waals surface area (Å²) in [5, 5.41) is 14.0. The maximum absolute atomic E-state index is 14.3. The molecule has 1 heterocycles. The van der Waals surface area contributed by atoms with Gasteiger partial charge >= 0.3 is 0 Å². The van der Waals surface area contributed by atoms with Crippen LogP contribution < -0.4 is 5.32 Å². The third-order valence-corrected chi connectivity index (χ3v) is 8.00. The van der Waals surface area contributed by atoms with Crippen LogP contribution in [0.2, 0.25) is 0 Å². The van der Waals surface area contributed by atoms with Gasteiger partial charge < -0.3 is 10.4 Å². The standard InChI is InChI=1S/C26H27FN2O5S/c1-3-5-11-26(12-6-4-2)19-9-8-17(27)14-18(19)23(31)22(24(26)32)25-28-20-10-7-16(15-30)13-21(20)35(33,34)29-25/h7-10,13-15,31H,3-6,11-12H2,1-2H3,(H,28,29). The van der Waals surface area contributed by atoms with Crippen molar-refractivity contribution in [3.8, 4) is 0 Å². The number of sulfonamides is 1. The van der Waals surface area contributed by atoms with E-state index in [1.165, 1.54) is 30.3 Å². The monoisotopic (exact) mass is 498 g/mol. The lowest BCUT2D eigenvalue weighted by atomic mass is 9.63. The van der Waals surface area contributed by atoms with Gasteiger partial charge in [-0.1, -0.05) is 45.6 Å². The number of hydrogen-bond acceptors (Lipinski definition) is 6. The van der Waals surface area contributed by atoms with Crippen LogP contribution in [0.3, 0.4) is 0 Å². The molecule has 35 heavy (non-hydrogen) atoms. The Morgan fingerprint density at radius 1 is 1.09 bits per heavy atom. The van der Waals surface area contributed by atoms with Crippen LogP contribution in [0.25, 0.3) is 5.76 Å². The van der Waals surface area contributed by atoms with Crippen LogP contribution in [0.5, 0.6) is 0 Å². The van der Waals surface area contributed by atoms with Crippen LogP contribution in [-0.4, -0.2) is 31.4 Å². The van der Waals surface area contributed by atoms with Gasteiger partial charge in [0.1, 0.15) is 28.3 Å². The van der Waals surface area contributed by atoms with Crippen LogP contribution in [0.1, 0.15) is 73.9 Å². The first-order valence-electron chi connectivity index (χ1n) is 11.7. The van der Waals surface area contributed by atoms with E-state index in [0.29, 0.717) is 24.7 Å². The van der Waals surface area contributed by atoms with Gasteiger partial charge in [-0.3, -0.25) is 9.59 Å². The molecule has 0 spiro atoms. The molecule has 2 aromatic rings. The van der Waals surface area contributed by atoms with Crippen molar-refractivity contribution in [1.29, 1.82) is 0 Å². The zero-order chi connectivity index (χ0) is 25.4. The number of aliphatic hydroxyl groups is 1. The highest BCUT2D eigenvalue weighted by Crippen LogP contribution is 2.47. The number of halogens is 1. The SMILES string of the molecule is CCCCC1(CCCC)C(=O)C(C2=NS(=O)(=O)c3cc(C=O)ccc3N2)=C(O)c2cc(F)ccc21. The number of benzene rings is 2. The molecule has 4 rings (SSSR count). The minimum atomic E-state index is -4.28. The molecule has 0 bridgehead atoms. The molecule has 2 N–H and O–H groups in total. The second-order valence-corrected chi connectivity index (χ2v) is 10.5. The van der Waals surface area contributed by atoms with Crippen molar-refractivity contribution in [3.63, 3.8) is 0 Å². The predicted octanol–water partition coefficient (Wildman–Crippen LogP) is 5.32. The van der Waals surface area contributed by atoms with E-state index in [1.54, 1.807) is 6.07 Å². The topological polar surface area (TPSA) is 113 Å². The number of carbonyl (C=O) groups excluding carboxylic acids is 2. The van der Waals surface area contributed by atoms with E-state index in [9.17, 15) is 27.5 Å². The Morgan fingerprint density at radius 2 is 1.77 bits per heavy atom. The number of rotatable bonds is 8. The van der Waals surface area contributed by atoms with Crippen LogP contribution in [-0.2, 0) is 20.2 Å². The summed E-state index contributed by atoms with van der Waals surface area (Å²) in [5.74, 6) is -1.85. The number of aldehydes is 1. The number of anilines is 1. The third kappa shape index (κ3) is 4.18. The van der Waals surface area contributed by atoms with E-state index in [0.717, 1.165) is 25.7 Å². The molecule has 0 unspecified atom stereocenters. The molecular formula is C26H27FN2O5S. The molecule has 0 fully saturated rings. The van der Waals surface area contributed by atoms with Gasteiger partial charge in [0.2, 0.25) is 0 Å². The van der Waals surface area contributed by atoms with E-state index in [4.69, 9.17) is 0 Å². The zero-order valence-electron chi connectivity index (χ0n) is 19.6. The van der Waals surface area contributed by atoms with Gasteiger partial charge in [-0.2, -0.15) is 8.42 Å². The Bertz CT molecular complexity index is 1370. The summed E-state index contributed by atoms with van der Waals surface area (Å²) in [4.78, 5) is 25.1. The maximum atomic E-state index is 14.3. The molecule has 0 aromatic heterocycles. The molecule has 0 atom stereocenters. The highest BCUT2D eigenvalue weighted by molar-refractivity contribution is 7.90. The Morgan fingerprint density at radius 3 is 2.40 bits per heavy atom. The normalized spacial score (nSPS) is 17.8. The van der Waals surface area contributed by atoms with E-state index in [2.05, 4.69) is 9.71 Å². The van der Waals surface area contributed by atoms with Crippen LogP contribution in [0, 0.1) is 5.82 Å². The molecular weight excluding hydrogens is 471 g/mol. The highest BCUT2D eigenvalue weighted by Gasteiger charge is 2.49. The van der Waals surface area contributed by atoms with E-state index in [-0.39, 0.29) is 33.1 Å². The van der Waals surface area contributed by atoms with Gasteiger partial charge in [0.25, 0.3) is 10.0 Å². The summed E-state index contributed by atoms with van der Waals surface area (Å²) in [6.07, 6.45) is 4.54. The molecule has 2 aliphatic rings. The summed E-state index contributed by atoms with van der Waals surface area (Å²) in [6, 6.07) is 8.03. The molecule has 2 aromatic carbocycles. The number of unbranched alkanes of at least 4 members (excludes halogenated alkanes) is 2. The molecule has 0 radical (unpaired) electrons. The summed E-state index contributed by atoms with van der Waals surface area (Å²) < 4.78 is 44.1. The number of nitrogens with one attached hydrogen (secondary N) is 1. The number of aliphatic hydroxyl groups excluding tert-OH is 1. The van der Waals surface area contributed by atoms with Gasteiger partial charge in [-0.15, -0.1) is 4.40 Å². The number of Topliss-reactive ketones (excluding diaryl/α,β-unsaturated/α-hetero) is 1. The summed E-state index contributed by atoms with van der Waals surface area (Å²) in [5.41, 5.74) is -0.327. The summed E-state index contributed by atoms with van der Waals surface area (Å²) in [7, 11) is -4.28. The second-order valence-electron chi connectivity index (χ2n) is 8.95. The predicted molar refractivity (Wildman–Crippen MR) is 132 cm³/mol. The average Bonchev–Trinajstić information content (AvgIpc) is 2.83. The summed E-state index contributed by atoms with van der Waals surface area (Å²) >= 11 is 0. The van der Waals surface area contributed by atoms with Gasteiger partial charge in [0, 0.05) is 11.1 Å². The zero-order valence-corrected chi connectivity index (χ0v) is 20.4. The van der Waals surface area contributed by atoms with Crippen molar-refractivity contribution in [1.82, 2.24) is 0 Å². The Hall–Kier alpha value is -3.33. The first-order chi connectivity index (χ1) is 16.7. The van der Waals surface area contributed by atoms with Crippen LogP contribution >= 0.6 is 0 Å². The van der Waals surface area contributed by atoms with E-state index < -0.39 is 32.8 Å². The number of nitrogens with zero attached hydrogens (tertiary/aromatic N) is 1. The number of ketones is 1. The Balaban J connectivity index is 1.95. The fourth-order valence-electron chi connectivity index (χ4n) is 4.89. The first-order valence-corrected chi connectivity index (χ1v) is 13.1. The van der Waals surface area contributed by atoms with Gasteiger partial charge in [0.15, 0.2) is 11.6 Å². The number of amidine groups is 1. The Kier molecular flexibility index (Phi) is 6.64. The first kappa shape index (κ1) is 24.8. The van der Waals surface area contributed by atoms with E-state index in [1.807, 2.05) is 13.8 Å². The van der Waals surface area contributed by atoms with Gasteiger partial charge in [-0.25, -0.2) is 4.39 Å². The molecule has 7 nitrogen and oxygen atoms in total. The van der Waals surface area contributed by atoms with Gasteiger partial charge in [-0.05, 0) is 48.7 Å². The van der Waals surface area contributed by atoms with Crippen molar-refractivity contribution in [2.75, 3.05) is 5.32 Å². The number of fused-ring (bicyclic) bond motifs is 2. The largest absolute Gasteiger partial charge is 0.506 e. The van der Waals surface area contributed by atoms with Crippen LogP contribution in [0.4, 0.5) is 10.1 Å². The van der Waals surface area contributed by atoms with E-state index >= 15 is 0 Å². The molecule has 0 saturated carbocycles. The van der Waals surface area contributed by atoms with Crippen molar-refractivity contribution in [2.45, 2.75) is 62.7 Å². The number of carbonyl (C=O) groups is 2. The smallest absolute Gasteiger partial charge is 0.286 e. The number of hydrogen-bond donors (Lipinski definition) is 2. The molecule has 0 amide bonds. The van der Waals surface area contributed by atoms with Crippen molar-refractivity contribution in [2.24, 2.45) is 4.40 Å². The fourth-order valence-corrected chi connectivity index (χ4v) is 6.05.